The molecule has 3 heteroatoms. The van der Waals surface area contributed by atoms with Crippen LogP contribution < -0.4 is 5.56 Å². The lowest BCUT2D eigenvalue weighted by molar-refractivity contribution is 0.627. The van der Waals surface area contributed by atoms with Crippen LogP contribution in [0.15, 0.2) is 59.5 Å². The zero-order chi connectivity index (χ0) is 14.7. The van der Waals surface area contributed by atoms with Gasteiger partial charge in [-0.1, -0.05) is 43.7 Å². The van der Waals surface area contributed by atoms with Gasteiger partial charge in [0.1, 0.15) is 5.65 Å². The minimum absolute atomic E-state index is 0.0218. The van der Waals surface area contributed by atoms with Gasteiger partial charge in [0.15, 0.2) is 0 Å². The van der Waals surface area contributed by atoms with E-state index in [1.165, 1.54) is 0 Å². The summed E-state index contributed by atoms with van der Waals surface area (Å²) in [6, 6.07) is 15.7. The van der Waals surface area contributed by atoms with Crippen molar-refractivity contribution >= 4 is 11.0 Å². The number of nitrogens with zero attached hydrogens (tertiary/aromatic N) is 2. The summed E-state index contributed by atoms with van der Waals surface area (Å²) in [6.07, 6.45) is 3.79. The molecule has 3 aromatic rings. The van der Waals surface area contributed by atoms with Crippen LogP contribution in [0.1, 0.15) is 19.8 Å². The molecule has 0 bridgehead atoms. The second-order valence-electron chi connectivity index (χ2n) is 5.14. The lowest BCUT2D eigenvalue weighted by Crippen LogP contribution is -2.21. The molecule has 3 nitrogen and oxygen atoms in total. The van der Waals surface area contributed by atoms with Crippen LogP contribution in [0.2, 0.25) is 0 Å². The Hall–Kier alpha value is -2.42. The fourth-order valence-electron chi connectivity index (χ4n) is 2.59. The molecule has 0 radical (unpaired) electrons. The number of aryl methyl sites for hydroxylation is 1. The van der Waals surface area contributed by atoms with Crippen molar-refractivity contribution in [3.05, 3.63) is 65.1 Å². The number of rotatable bonds is 4. The normalized spacial score (nSPS) is 10.9. The summed E-state index contributed by atoms with van der Waals surface area (Å²) in [5.41, 5.74) is 2.80. The van der Waals surface area contributed by atoms with Crippen molar-refractivity contribution < 1.29 is 0 Å². The maximum absolute atomic E-state index is 12.5. The molecular formula is C18H18N2O. The molecule has 21 heavy (non-hydrogen) atoms. The van der Waals surface area contributed by atoms with Gasteiger partial charge >= 0.3 is 0 Å². The second-order valence-corrected chi connectivity index (χ2v) is 5.14. The quantitative estimate of drug-likeness (QED) is 0.726. The minimum atomic E-state index is 0.0218. The number of hydrogen-bond acceptors (Lipinski definition) is 2. The Labute approximate surface area is 123 Å². The monoisotopic (exact) mass is 278 g/mol. The molecule has 2 aromatic heterocycles. The summed E-state index contributed by atoms with van der Waals surface area (Å²) in [7, 11) is 0. The Morgan fingerprint density at radius 2 is 1.90 bits per heavy atom. The highest BCUT2D eigenvalue weighted by Gasteiger charge is 2.10. The van der Waals surface area contributed by atoms with Gasteiger partial charge in [-0.15, -0.1) is 0 Å². The van der Waals surface area contributed by atoms with Crippen molar-refractivity contribution in [1.29, 1.82) is 0 Å². The number of hydrogen-bond donors (Lipinski definition) is 0. The molecule has 0 aliphatic heterocycles. The first-order valence-electron chi connectivity index (χ1n) is 7.35. The third-order valence-electron chi connectivity index (χ3n) is 3.69. The first kappa shape index (κ1) is 13.6. The van der Waals surface area contributed by atoms with E-state index in [1.807, 2.05) is 42.5 Å². The minimum Gasteiger partial charge on any atom is -0.293 e. The Bertz CT molecular complexity index is 806. The third kappa shape index (κ3) is 2.59. The van der Waals surface area contributed by atoms with E-state index in [1.54, 1.807) is 16.8 Å². The number of benzene rings is 1. The van der Waals surface area contributed by atoms with E-state index in [9.17, 15) is 4.79 Å². The molecule has 0 spiro atoms. The van der Waals surface area contributed by atoms with Crippen molar-refractivity contribution in [2.75, 3.05) is 0 Å². The highest BCUT2D eigenvalue weighted by molar-refractivity contribution is 5.92. The van der Waals surface area contributed by atoms with Crippen LogP contribution in [0.4, 0.5) is 0 Å². The highest BCUT2D eigenvalue weighted by atomic mass is 16.1. The smallest absolute Gasteiger partial charge is 0.252 e. The van der Waals surface area contributed by atoms with Crippen LogP contribution in [0.3, 0.4) is 0 Å². The summed E-state index contributed by atoms with van der Waals surface area (Å²) >= 11 is 0. The summed E-state index contributed by atoms with van der Waals surface area (Å²) in [6.45, 7) is 2.84. The van der Waals surface area contributed by atoms with Gasteiger partial charge in [-0.2, -0.15) is 0 Å². The van der Waals surface area contributed by atoms with Crippen LogP contribution in [-0.4, -0.2) is 9.55 Å². The molecule has 0 aliphatic rings. The van der Waals surface area contributed by atoms with Crippen LogP contribution in [-0.2, 0) is 6.54 Å². The predicted molar refractivity (Wildman–Crippen MR) is 86.3 cm³/mol. The molecular weight excluding hydrogens is 260 g/mol. The van der Waals surface area contributed by atoms with E-state index in [-0.39, 0.29) is 5.56 Å². The molecule has 0 unspecified atom stereocenters. The molecule has 0 amide bonds. The summed E-state index contributed by atoms with van der Waals surface area (Å²) in [5, 5.41) is 1.03. The molecule has 0 saturated carbocycles. The van der Waals surface area contributed by atoms with Crippen LogP contribution in [0.25, 0.3) is 22.2 Å². The highest BCUT2D eigenvalue weighted by Crippen LogP contribution is 2.25. The third-order valence-corrected chi connectivity index (χ3v) is 3.69. The van der Waals surface area contributed by atoms with Gasteiger partial charge in [-0.3, -0.25) is 9.36 Å². The topological polar surface area (TPSA) is 34.9 Å². The molecule has 0 aliphatic carbocycles. The van der Waals surface area contributed by atoms with Crippen molar-refractivity contribution in [2.24, 2.45) is 0 Å². The Balaban J connectivity index is 2.27. The van der Waals surface area contributed by atoms with Crippen LogP contribution in [0.5, 0.6) is 0 Å². The van der Waals surface area contributed by atoms with E-state index < -0.39 is 0 Å². The van der Waals surface area contributed by atoms with Gasteiger partial charge in [0.25, 0.3) is 5.56 Å². The first-order valence-corrected chi connectivity index (χ1v) is 7.35. The lowest BCUT2D eigenvalue weighted by atomic mass is 10.0. The summed E-state index contributed by atoms with van der Waals surface area (Å²) in [4.78, 5) is 16.9. The standard InChI is InChI=1S/C18H18N2O/c1-2-3-12-20-17(21)13-16(14-8-5-4-6-9-14)15-10-7-11-19-18(15)20/h4-11,13H,2-3,12H2,1H3. The predicted octanol–water partition coefficient (Wildman–Crippen LogP) is 3.86. The molecule has 3 rings (SSSR count). The number of fused-ring (bicyclic) bond motifs is 1. The summed E-state index contributed by atoms with van der Waals surface area (Å²) in [5.74, 6) is 0. The van der Waals surface area contributed by atoms with Gasteiger partial charge in [0.2, 0.25) is 0 Å². The Morgan fingerprint density at radius 3 is 2.67 bits per heavy atom. The van der Waals surface area contributed by atoms with E-state index in [0.29, 0.717) is 0 Å². The Morgan fingerprint density at radius 1 is 1.10 bits per heavy atom. The van der Waals surface area contributed by atoms with Gasteiger partial charge in [-0.05, 0) is 29.7 Å². The van der Waals surface area contributed by atoms with E-state index in [4.69, 9.17) is 0 Å². The van der Waals surface area contributed by atoms with Crippen molar-refractivity contribution in [3.63, 3.8) is 0 Å². The van der Waals surface area contributed by atoms with Gasteiger partial charge in [0, 0.05) is 24.2 Å². The molecule has 0 atom stereocenters. The van der Waals surface area contributed by atoms with Crippen molar-refractivity contribution in [2.45, 2.75) is 26.3 Å². The zero-order valence-electron chi connectivity index (χ0n) is 12.1. The fraction of sp³-hybridized carbons (Fsp3) is 0.222. The van der Waals surface area contributed by atoms with Crippen molar-refractivity contribution in [3.8, 4) is 11.1 Å². The molecule has 1 aromatic carbocycles. The van der Waals surface area contributed by atoms with Gasteiger partial charge in [0.05, 0.1) is 0 Å². The van der Waals surface area contributed by atoms with Crippen LogP contribution >= 0.6 is 0 Å². The lowest BCUT2D eigenvalue weighted by Gasteiger charge is -2.12. The zero-order valence-corrected chi connectivity index (χ0v) is 12.1. The SMILES string of the molecule is CCCCn1c(=O)cc(-c2ccccc2)c2cccnc21. The van der Waals surface area contributed by atoms with Crippen molar-refractivity contribution in [1.82, 2.24) is 9.55 Å². The average molecular weight is 278 g/mol. The molecule has 106 valence electrons. The summed E-state index contributed by atoms with van der Waals surface area (Å²) < 4.78 is 1.78. The molecule has 0 fully saturated rings. The van der Waals surface area contributed by atoms with E-state index >= 15 is 0 Å². The molecule has 0 saturated heterocycles. The molecule has 0 N–H and O–H groups in total. The van der Waals surface area contributed by atoms with Gasteiger partial charge in [-0.25, -0.2) is 4.98 Å². The van der Waals surface area contributed by atoms with E-state index in [2.05, 4.69) is 11.9 Å². The number of aromatic nitrogens is 2. The number of unbranched alkanes of at least 4 members (excludes halogenated alkanes) is 1. The fourth-order valence-corrected chi connectivity index (χ4v) is 2.59. The van der Waals surface area contributed by atoms with Crippen LogP contribution in [0, 0.1) is 0 Å². The number of pyridine rings is 2. The maximum Gasteiger partial charge on any atom is 0.252 e. The largest absolute Gasteiger partial charge is 0.293 e. The average Bonchev–Trinajstić information content (AvgIpc) is 2.54. The maximum atomic E-state index is 12.5. The van der Waals surface area contributed by atoms with Gasteiger partial charge < -0.3 is 0 Å². The first-order chi connectivity index (χ1) is 10.3. The second kappa shape index (κ2) is 5.92. The molecule has 2 heterocycles. The van der Waals surface area contributed by atoms with E-state index in [0.717, 1.165) is 41.5 Å². The Kier molecular flexibility index (Phi) is 3.82.